The third-order valence-corrected chi connectivity index (χ3v) is 7.49. The first-order valence-electron chi connectivity index (χ1n) is 12.6. The van der Waals surface area contributed by atoms with E-state index in [0.717, 1.165) is 30.6 Å². The minimum absolute atomic E-state index is 0.111. The molecule has 0 radical (unpaired) electrons. The van der Waals surface area contributed by atoms with Crippen molar-refractivity contribution in [2.45, 2.75) is 69.8 Å². The molecule has 2 aliphatic heterocycles. The van der Waals surface area contributed by atoms with Gasteiger partial charge in [-0.2, -0.15) is 0 Å². The van der Waals surface area contributed by atoms with Crippen molar-refractivity contribution in [3.8, 4) is 5.75 Å². The van der Waals surface area contributed by atoms with Crippen molar-refractivity contribution in [2.75, 3.05) is 39.4 Å². The molecule has 1 aliphatic carbocycles. The van der Waals surface area contributed by atoms with E-state index in [1.54, 1.807) is 9.80 Å². The molecular weight excluding hydrogens is 442 g/mol. The summed E-state index contributed by atoms with van der Waals surface area (Å²) in [6, 6.07) is 8.00. The fourth-order valence-electron chi connectivity index (χ4n) is 5.44. The van der Waals surface area contributed by atoms with Gasteiger partial charge in [0.25, 0.3) is 5.91 Å². The molecule has 1 unspecified atom stereocenters. The number of carbonyl (C=O) groups is 2. The van der Waals surface area contributed by atoms with Crippen molar-refractivity contribution in [1.82, 2.24) is 9.80 Å². The van der Waals surface area contributed by atoms with Crippen LogP contribution in [0.3, 0.4) is 0 Å². The molecule has 3 aliphatic rings. The Kier molecular flexibility index (Phi) is 7.75. The minimum Gasteiger partial charge on any atom is -0.491 e. The van der Waals surface area contributed by atoms with Crippen LogP contribution in [0.4, 0.5) is 8.78 Å². The number of nitrogens with zero attached hydrogens (tertiary/aromatic N) is 2. The van der Waals surface area contributed by atoms with Crippen molar-refractivity contribution >= 4 is 11.8 Å². The molecule has 0 N–H and O–H groups in total. The summed E-state index contributed by atoms with van der Waals surface area (Å²) in [7, 11) is 0. The highest BCUT2D eigenvalue weighted by Gasteiger charge is 2.48. The highest BCUT2D eigenvalue weighted by molar-refractivity contribution is 5.87. The SMILES string of the molecule is CCN1CCOc2ccccc2CCCCC2(CN(C(=O)C3CCC(F)(F)CC3)CCO2)C1=O. The van der Waals surface area contributed by atoms with E-state index in [0.29, 0.717) is 32.7 Å². The summed E-state index contributed by atoms with van der Waals surface area (Å²) in [5.74, 6) is -2.43. The average molecular weight is 479 g/mol. The molecule has 1 aromatic carbocycles. The largest absolute Gasteiger partial charge is 0.491 e. The maximum atomic E-state index is 13.8. The number of morpholine rings is 1. The highest BCUT2D eigenvalue weighted by atomic mass is 19.3. The average Bonchev–Trinajstić information content (AvgIpc) is 2.84. The topological polar surface area (TPSA) is 59.1 Å². The van der Waals surface area contributed by atoms with Crippen LogP contribution >= 0.6 is 0 Å². The number of ether oxygens (including phenoxy) is 2. The van der Waals surface area contributed by atoms with Gasteiger partial charge in [-0.3, -0.25) is 9.59 Å². The summed E-state index contributed by atoms with van der Waals surface area (Å²) in [6.45, 7) is 4.11. The first-order valence-corrected chi connectivity index (χ1v) is 12.6. The molecule has 1 spiro atoms. The number of amides is 2. The van der Waals surface area contributed by atoms with Crippen molar-refractivity contribution in [1.29, 1.82) is 0 Å². The van der Waals surface area contributed by atoms with Crippen LogP contribution in [0.5, 0.6) is 5.75 Å². The van der Waals surface area contributed by atoms with Gasteiger partial charge in [0.1, 0.15) is 12.4 Å². The van der Waals surface area contributed by atoms with Crippen LogP contribution in [0.25, 0.3) is 0 Å². The number of carbonyl (C=O) groups excluding carboxylic acids is 2. The first-order chi connectivity index (χ1) is 16.3. The van der Waals surface area contributed by atoms with Crippen LogP contribution in [0.2, 0.25) is 0 Å². The quantitative estimate of drug-likeness (QED) is 0.643. The van der Waals surface area contributed by atoms with E-state index >= 15 is 0 Å². The van der Waals surface area contributed by atoms with Gasteiger partial charge in [0, 0.05) is 31.8 Å². The summed E-state index contributed by atoms with van der Waals surface area (Å²) < 4.78 is 39.4. The van der Waals surface area contributed by atoms with Gasteiger partial charge in [0.15, 0.2) is 5.60 Å². The molecule has 2 heterocycles. The Morgan fingerprint density at radius 2 is 1.85 bits per heavy atom. The van der Waals surface area contributed by atoms with Gasteiger partial charge in [-0.05, 0) is 57.1 Å². The maximum Gasteiger partial charge on any atom is 0.256 e. The predicted octanol–water partition coefficient (Wildman–Crippen LogP) is 4.06. The summed E-state index contributed by atoms with van der Waals surface area (Å²) in [6.07, 6.45) is 2.91. The zero-order valence-electron chi connectivity index (χ0n) is 20.1. The number of halogens is 2. The Balaban J connectivity index is 1.50. The summed E-state index contributed by atoms with van der Waals surface area (Å²) >= 11 is 0. The summed E-state index contributed by atoms with van der Waals surface area (Å²) in [5, 5.41) is 0. The van der Waals surface area contributed by atoms with Crippen LogP contribution in [-0.2, 0) is 20.7 Å². The van der Waals surface area contributed by atoms with E-state index in [9.17, 15) is 18.4 Å². The van der Waals surface area contributed by atoms with E-state index in [-0.39, 0.29) is 50.6 Å². The first kappa shape index (κ1) is 24.9. The second-order valence-electron chi connectivity index (χ2n) is 9.78. The number of benzene rings is 1. The lowest BCUT2D eigenvalue weighted by atomic mass is 9.85. The fourth-order valence-corrected chi connectivity index (χ4v) is 5.44. The van der Waals surface area contributed by atoms with Gasteiger partial charge < -0.3 is 19.3 Å². The van der Waals surface area contributed by atoms with Crippen molar-refractivity contribution in [3.05, 3.63) is 29.8 Å². The Morgan fingerprint density at radius 3 is 2.62 bits per heavy atom. The van der Waals surface area contributed by atoms with E-state index in [2.05, 4.69) is 6.07 Å². The molecule has 1 aromatic rings. The third-order valence-electron chi connectivity index (χ3n) is 7.49. The normalized spacial score (nSPS) is 26.9. The van der Waals surface area contributed by atoms with E-state index < -0.39 is 17.4 Å². The summed E-state index contributed by atoms with van der Waals surface area (Å²) in [4.78, 5) is 30.4. The van der Waals surface area contributed by atoms with Crippen LogP contribution in [0.1, 0.15) is 57.4 Å². The number of rotatable bonds is 2. The van der Waals surface area contributed by atoms with Gasteiger partial charge >= 0.3 is 0 Å². The Morgan fingerprint density at radius 1 is 1.09 bits per heavy atom. The lowest BCUT2D eigenvalue weighted by Crippen LogP contribution is -2.62. The number of likely N-dealkylation sites (N-methyl/N-ethyl adjacent to an activating group) is 1. The molecule has 188 valence electrons. The third kappa shape index (κ3) is 5.53. The molecule has 1 saturated heterocycles. The minimum atomic E-state index is -2.67. The van der Waals surface area contributed by atoms with Crippen molar-refractivity contribution in [3.63, 3.8) is 0 Å². The Bertz CT molecular complexity index is 870. The van der Waals surface area contributed by atoms with Crippen molar-refractivity contribution in [2.24, 2.45) is 5.92 Å². The number of hydrogen-bond acceptors (Lipinski definition) is 4. The molecule has 1 saturated carbocycles. The molecule has 0 aromatic heterocycles. The molecule has 34 heavy (non-hydrogen) atoms. The van der Waals surface area contributed by atoms with Gasteiger partial charge in [0.05, 0.1) is 19.7 Å². The Labute approximate surface area is 200 Å². The molecule has 2 fully saturated rings. The van der Waals surface area contributed by atoms with Crippen LogP contribution in [0.15, 0.2) is 24.3 Å². The molecule has 1 atom stereocenters. The molecular formula is C26H36F2N2O4. The van der Waals surface area contributed by atoms with Gasteiger partial charge in [0.2, 0.25) is 11.8 Å². The monoisotopic (exact) mass is 478 g/mol. The van der Waals surface area contributed by atoms with Crippen LogP contribution in [0, 0.1) is 5.92 Å². The number of para-hydroxylation sites is 1. The van der Waals surface area contributed by atoms with Crippen LogP contribution < -0.4 is 4.74 Å². The standard InChI is InChI=1S/C26H36F2N2O4/c1-2-29-15-17-33-22-9-4-3-7-20(22)8-5-6-12-25(24(29)32)19-30(16-18-34-25)23(31)21-10-13-26(27,28)14-11-21/h3-4,7,9,21H,2,5-6,8,10-19H2,1H3. The molecule has 8 heteroatoms. The molecule has 4 rings (SSSR count). The number of aryl methyl sites for hydroxylation is 1. The highest BCUT2D eigenvalue weighted by Crippen LogP contribution is 2.38. The smallest absolute Gasteiger partial charge is 0.256 e. The Hall–Kier alpha value is -2.22. The molecule has 6 nitrogen and oxygen atoms in total. The lowest BCUT2D eigenvalue weighted by Gasteiger charge is -2.45. The van der Waals surface area contributed by atoms with Crippen LogP contribution in [-0.4, -0.2) is 72.5 Å². The maximum absolute atomic E-state index is 13.8. The molecule has 2 amide bonds. The zero-order chi connectivity index (χ0) is 24.2. The number of alkyl halides is 2. The number of hydrogen-bond donors (Lipinski definition) is 0. The van der Waals surface area contributed by atoms with Gasteiger partial charge in [-0.25, -0.2) is 8.78 Å². The summed E-state index contributed by atoms with van der Waals surface area (Å²) in [5.41, 5.74) is 0.0586. The second kappa shape index (κ2) is 10.6. The van der Waals surface area contributed by atoms with E-state index in [1.165, 1.54) is 0 Å². The van der Waals surface area contributed by atoms with Crippen molar-refractivity contribution < 1.29 is 27.8 Å². The fraction of sp³-hybridized carbons (Fsp3) is 0.692. The van der Waals surface area contributed by atoms with Gasteiger partial charge in [-0.15, -0.1) is 0 Å². The van der Waals surface area contributed by atoms with E-state index in [4.69, 9.17) is 9.47 Å². The van der Waals surface area contributed by atoms with Gasteiger partial charge in [-0.1, -0.05) is 18.2 Å². The zero-order valence-corrected chi connectivity index (χ0v) is 20.1. The predicted molar refractivity (Wildman–Crippen MR) is 124 cm³/mol. The second-order valence-corrected chi connectivity index (χ2v) is 9.78. The lowest BCUT2D eigenvalue weighted by molar-refractivity contribution is -0.178. The molecule has 0 bridgehead atoms. The number of fused-ring (bicyclic) bond motifs is 1. The van der Waals surface area contributed by atoms with E-state index in [1.807, 2.05) is 25.1 Å².